The Bertz CT molecular complexity index is 2620. The van der Waals surface area contributed by atoms with E-state index in [1.807, 2.05) is 6.07 Å². The average Bonchev–Trinajstić information content (AvgIpc) is 4.02. The Labute approximate surface area is 366 Å². The maximum Gasteiger partial charge on any atom is 0.582 e. The van der Waals surface area contributed by atoms with Crippen LogP contribution in [-0.4, -0.2) is 113 Å². The topological polar surface area (TPSA) is 317 Å². The first-order chi connectivity index (χ1) is 29.7. The number of hydrogen-bond acceptors (Lipinski definition) is 19. The maximum absolute atomic E-state index is 16.4. The normalized spacial score (nSPS) is 24.5. The zero-order valence-corrected chi connectivity index (χ0v) is 36.5. The molecule has 4 aromatic heterocycles. The van der Waals surface area contributed by atoms with Gasteiger partial charge in [-0.3, -0.25) is 38.3 Å². The zero-order chi connectivity index (χ0) is 44.3. The average molecular weight is 956 g/mol. The molecule has 29 heteroatoms. The number of carbonyl (C=O) groups excluding carboxylic acids is 2. The minimum absolute atomic E-state index is 0. The largest absolute Gasteiger partial charge is 0.582 e. The summed E-state index contributed by atoms with van der Waals surface area (Å²) >= 11 is 9.50. The van der Waals surface area contributed by atoms with Crippen molar-refractivity contribution >= 4 is 83.9 Å². The minimum Gasteiger partial charge on any atom is -0.394 e. The number of alkyl halides is 2. The third-order valence-corrected chi connectivity index (χ3v) is 12.5. The molecule has 5 aromatic rings. The van der Waals surface area contributed by atoms with Crippen LogP contribution in [0.5, 0.6) is 0 Å². The van der Waals surface area contributed by atoms with Crippen molar-refractivity contribution in [3.05, 3.63) is 65.2 Å². The summed E-state index contributed by atoms with van der Waals surface area (Å²) < 4.78 is 82.2. The van der Waals surface area contributed by atoms with Crippen LogP contribution in [0.15, 0.2) is 54.1 Å². The molecule has 10 atom stereocenters. The van der Waals surface area contributed by atoms with Gasteiger partial charge in [-0.1, -0.05) is 32.0 Å². The lowest BCUT2D eigenvalue weighted by Gasteiger charge is -2.29. The van der Waals surface area contributed by atoms with Crippen molar-refractivity contribution in [2.75, 3.05) is 30.5 Å². The summed E-state index contributed by atoms with van der Waals surface area (Å²) in [5.74, 6) is -1.66. The summed E-state index contributed by atoms with van der Waals surface area (Å²) in [7, 11) is -2.74. The number of thiol groups is 1. The number of nitrogens with one attached hydrogen (secondary N) is 3. The van der Waals surface area contributed by atoms with Gasteiger partial charge in [-0.2, -0.15) is 10.2 Å². The molecule has 6 heterocycles. The van der Waals surface area contributed by atoms with E-state index in [1.54, 1.807) is 44.2 Å². The molecule has 23 nitrogen and oxygen atoms in total. The van der Waals surface area contributed by atoms with Crippen LogP contribution in [-0.2, 0) is 48.7 Å². The quantitative estimate of drug-likeness (QED) is 0.0436. The second kappa shape index (κ2) is 20.4. The van der Waals surface area contributed by atoms with E-state index in [1.165, 1.54) is 10.9 Å². The molecule has 336 valence electrons. The van der Waals surface area contributed by atoms with Crippen LogP contribution < -0.4 is 22.3 Å². The van der Waals surface area contributed by atoms with Gasteiger partial charge in [0.25, 0.3) is 11.5 Å². The third-order valence-electron chi connectivity index (χ3n) is 9.41. The van der Waals surface area contributed by atoms with Crippen molar-refractivity contribution in [3.63, 3.8) is 0 Å². The first-order valence-electron chi connectivity index (χ1n) is 18.5. The number of aliphatic hydroxyl groups excluding tert-OH is 1. The van der Waals surface area contributed by atoms with Crippen molar-refractivity contribution in [2.45, 2.75) is 69.5 Å². The fourth-order valence-corrected chi connectivity index (χ4v) is 9.26. The van der Waals surface area contributed by atoms with E-state index in [2.05, 4.69) is 52.8 Å². The van der Waals surface area contributed by atoms with E-state index >= 15 is 8.78 Å². The van der Waals surface area contributed by atoms with Gasteiger partial charge >= 0.3 is 13.9 Å². The number of benzene rings is 1. The number of aliphatic hydroxyl groups is 1. The molecule has 2 unspecified atom stereocenters. The Morgan fingerprint density at radius 3 is 2.41 bits per heavy atom. The van der Waals surface area contributed by atoms with Crippen LogP contribution >= 0.6 is 26.2 Å². The van der Waals surface area contributed by atoms with Crippen LogP contribution in [0.25, 0.3) is 22.3 Å². The monoisotopic (exact) mass is 955 g/mol. The SMILES string of the molecule is CC(C)C(=O)Nc1nc2c(ncn2[C@@H]2O[C@@H](CO)[C@@H](F)[C@H]2OP(=S)(OCCC#N)OC[C@H]2O[C@@H](n3cnc4c(NC(=O)c5ccccc5)ncnc43)[C@@H](F)[C@@H]2O[P+](=O)S)c(=O)[nH]1.N. The first-order valence-corrected chi connectivity index (χ1v) is 23.4. The molecular weight excluding hydrogens is 917 g/mol. The second-order valence-electron chi connectivity index (χ2n) is 13.8. The summed E-state index contributed by atoms with van der Waals surface area (Å²) in [6, 6.07) is 10.2. The summed E-state index contributed by atoms with van der Waals surface area (Å²) in [4.78, 5) is 61.6. The third kappa shape index (κ3) is 10.3. The van der Waals surface area contributed by atoms with E-state index in [0.717, 1.165) is 17.2 Å². The number of nitriles is 1. The predicted molar refractivity (Wildman–Crippen MR) is 224 cm³/mol. The number of nitrogens with zero attached hydrogens (tertiary/aromatic N) is 8. The molecule has 7 N–H and O–H groups in total. The molecule has 0 spiro atoms. The number of fused-ring (bicyclic) bond motifs is 2. The molecule has 1 aromatic carbocycles. The molecule has 2 saturated heterocycles. The number of carbonyl (C=O) groups is 2. The van der Waals surface area contributed by atoms with Gasteiger partial charge in [0.2, 0.25) is 11.9 Å². The van der Waals surface area contributed by atoms with Gasteiger partial charge in [-0.05, 0) is 28.5 Å². The number of rotatable bonds is 17. The van der Waals surface area contributed by atoms with Crippen LogP contribution in [0.1, 0.15) is 43.1 Å². The number of H-pyrrole nitrogens is 1. The Hall–Kier alpha value is -4.81. The maximum atomic E-state index is 16.4. The molecule has 0 bridgehead atoms. The summed E-state index contributed by atoms with van der Waals surface area (Å²) in [5, 5.41) is 24.4. The van der Waals surface area contributed by atoms with Crippen molar-refractivity contribution in [3.8, 4) is 6.07 Å². The summed E-state index contributed by atoms with van der Waals surface area (Å²) in [6.45, 7) is -2.90. The smallest absolute Gasteiger partial charge is 0.394 e. The summed E-state index contributed by atoms with van der Waals surface area (Å²) in [5.41, 5.74) is -0.677. The van der Waals surface area contributed by atoms with Crippen LogP contribution in [0, 0.1) is 17.2 Å². The number of anilines is 2. The van der Waals surface area contributed by atoms with Gasteiger partial charge in [0.1, 0.15) is 36.9 Å². The highest BCUT2D eigenvalue weighted by molar-refractivity contribution is 8.39. The molecule has 2 aliphatic heterocycles. The second-order valence-corrected chi connectivity index (χ2v) is 18.4. The van der Waals surface area contributed by atoms with E-state index < -0.39 is 99.7 Å². The number of hydrogen-bond donors (Lipinski definition) is 6. The predicted octanol–water partition coefficient (Wildman–Crippen LogP) is 3.96. The lowest BCUT2D eigenvalue weighted by molar-refractivity contribution is -0.118. The molecular formula is C34H39F2N12O11P2S2+. The minimum atomic E-state index is -4.25. The zero-order valence-electron chi connectivity index (χ0n) is 33.0. The van der Waals surface area contributed by atoms with Gasteiger partial charge in [-0.15, -0.1) is 4.52 Å². The van der Waals surface area contributed by atoms with Gasteiger partial charge in [0.15, 0.2) is 59.0 Å². The van der Waals surface area contributed by atoms with Crippen molar-refractivity contribution in [2.24, 2.45) is 5.92 Å². The Morgan fingerprint density at radius 1 is 1.03 bits per heavy atom. The first kappa shape index (κ1) is 47.7. The highest BCUT2D eigenvalue weighted by Gasteiger charge is 2.53. The van der Waals surface area contributed by atoms with Crippen LogP contribution in [0.2, 0.25) is 0 Å². The standard InChI is InChI=1S/C34H35F2N11O11P2S2.H3N/c1-16(2)29(49)44-34-43-28-23(31(51)45-34)41-15-47(28)33-25(20(35)18(11-48)55-33)58-60(62,53-10-6-9-37)54-12-19-24(57-59(52)61)21(36)32(56-19)46-14-40-22-26(38-13-39-27(22)46)42-30(50)17-7-4-3-5-8-17;/h3-5,7-8,13-16,18-21,24-25,32-33,48H,6,10-12H2,1-2H3,(H3-,38,39,42,43,44,45,49,50,51,52,61);1H3/p+1/t18-,19+,20+,21-,24+,25+,32+,33+,60?;/m0./s1. The molecule has 0 radical (unpaired) electrons. The molecule has 2 aliphatic rings. The van der Waals surface area contributed by atoms with Gasteiger partial charge < -0.3 is 35.1 Å². The lowest BCUT2D eigenvalue weighted by atomic mass is 10.1. The molecule has 0 aliphatic carbocycles. The van der Waals surface area contributed by atoms with Crippen LogP contribution in [0.3, 0.4) is 0 Å². The van der Waals surface area contributed by atoms with Crippen LogP contribution in [0.4, 0.5) is 20.5 Å². The Balaban J connectivity index is 0.00000661. The lowest BCUT2D eigenvalue weighted by Crippen LogP contribution is -2.34. The van der Waals surface area contributed by atoms with Crippen molar-refractivity contribution in [1.82, 2.24) is 45.2 Å². The molecule has 63 heavy (non-hydrogen) atoms. The van der Waals surface area contributed by atoms with Gasteiger partial charge in [-0.25, -0.2) is 28.7 Å². The van der Waals surface area contributed by atoms with Gasteiger partial charge in [0, 0.05) is 11.5 Å². The van der Waals surface area contributed by atoms with Gasteiger partial charge in [0.05, 0.1) is 45.0 Å². The van der Waals surface area contributed by atoms with Crippen molar-refractivity contribution in [1.29, 1.82) is 5.26 Å². The Kier molecular flexibility index (Phi) is 15.4. The number of ether oxygens (including phenoxy) is 2. The van der Waals surface area contributed by atoms with E-state index in [4.69, 9.17) is 39.4 Å². The van der Waals surface area contributed by atoms with E-state index in [9.17, 15) is 29.3 Å². The Morgan fingerprint density at radius 2 is 1.73 bits per heavy atom. The number of imidazole rings is 2. The number of halogens is 2. The highest BCUT2D eigenvalue weighted by atomic mass is 32.7. The highest BCUT2D eigenvalue weighted by Crippen LogP contribution is 2.55. The fourth-order valence-electron chi connectivity index (χ4n) is 6.41. The molecule has 0 saturated carbocycles. The number of amides is 2. The van der Waals surface area contributed by atoms with E-state index in [0.29, 0.717) is 5.56 Å². The summed E-state index contributed by atoms with van der Waals surface area (Å²) in [6.07, 6.45) is -10.4. The number of aromatic amines is 1. The fraction of sp³-hybridized carbons (Fsp3) is 0.441. The van der Waals surface area contributed by atoms with Crippen molar-refractivity contribution < 1.29 is 55.6 Å². The molecule has 7 rings (SSSR count). The molecule has 2 fully saturated rings. The number of aromatic nitrogens is 8. The van der Waals surface area contributed by atoms with E-state index in [-0.39, 0.29) is 53.3 Å². The molecule has 2 amide bonds.